The molecule has 16 heavy (non-hydrogen) atoms. The van der Waals surface area contributed by atoms with Gasteiger partial charge in [0, 0.05) is 19.2 Å². The van der Waals surface area contributed by atoms with Crippen LogP contribution in [0.2, 0.25) is 0 Å². The van der Waals surface area contributed by atoms with Crippen LogP contribution in [-0.4, -0.2) is 23.1 Å². The molecule has 4 nitrogen and oxygen atoms in total. The van der Waals surface area contributed by atoms with Gasteiger partial charge in [0.15, 0.2) is 0 Å². The van der Waals surface area contributed by atoms with Crippen molar-refractivity contribution in [3.8, 4) is 0 Å². The molecule has 0 spiro atoms. The highest BCUT2D eigenvalue weighted by atomic mass is 16.1. The van der Waals surface area contributed by atoms with E-state index in [0.29, 0.717) is 0 Å². The molecule has 2 heterocycles. The molecule has 1 saturated heterocycles. The van der Waals surface area contributed by atoms with Gasteiger partial charge in [-0.2, -0.15) is 0 Å². The lowest BCUT2D eigenvalue weighted by Gasteiger charge is -2.20. The van der Waals surface area contributed by atoms with Crippen molar-refractivity contribution in [2.24, 2.45) is 5.92 Å². The van der Waals surface area contributed by atoms with Gasteiger partial charge in [0.2, 0.25) is 0 Å². The fraction of sp³-hybridized carbons (Fsp3) is 0.667. The highest BCUT2D eigenvalue weighted by Gasteiger charge is 2.16. The summed E-state index contributed by atoms with van der Waals surface area (Å²) in [6.45, 7) is 4.30. The van der Waals surface area contributed by atoms with E-state index in [1.165, 1.54) is 32.0 Å². The van der Waals surface area contributed by atoms with Crippen molar-refractivity contribution in [1.29, 1.82) is 0 Å². The molecule has 0 radical (unpaired) electrons. The largest absolute Gasteiger partial charge is 0.356 e. The van der Waals surface area contributed by atoms with Crippen LogP contribution in [0.3, 0.4) is 0 Å². The lowest BCUT2D eigenvalue weighted by Crippen LogP contribution is -2.26. The Hall–Kier alpha value is -1.32. The third-order valence-corrected chi connectivity index (χ3v) is 3.41. The van der Waals surface area contributed by atoms with Crippen molar-refractivity contribution in [3.05, 3.63) is 22.7 Å². The van der Waals surface area contributed by atoms with Gasteiger partial charge >= 0.3 is 0 Å². The summed E-state index contributed by atoms with van der Waals surface area (Å²) in [5, 5.41) is 0. The van der Waals surface area contributed by atoms with Crippen molar-refractivity contribution in [1.82, 2.24) is 9.97 Å². The van der Waals surface area contributed by atoms with Gasteiger partial charge in [0.25, 0.3) is 5.56 Å². The molecular weight excluding hydrogens is 202 g/mol. The predicted molar refractivity (Wildman–Crippen MR) is 64.7 cm³/mol. The van der Waals surface area contributed by atoms with Crippen molar-refractivity contribution in [2.75, 3.05) is 18.0 Å². The van der Waals surface area contributed by atoms with Gasteiger partial charge in [-0.05, 0) is 25.2 Å². The van der Waals surface area contributed by atoms with Crippen LogP contribution in [0, 0.1) is 5.92 Å². The van der Waals surface area contributed by atoms with Crippen LogP contribution in [0.15, 0.2) is 17.2 Å². The standard InChI is InChI=1S/C12H19N3O/c1-2-10-4-3-6-15(7-5-10)11-8-12(16)14-9-13-11/h8-10H,2-7H2,1H3,(H,13,14,16). The minimum atomic E-state index is -0.0683. The predicted octanol–water partition coefficient (Wildman–Crippen LogP) is 1.79. The Bertz CT molecular complexity index is 388. The molecule has 0 bridgehead atoms. The number of rotatable bonds is 2. The van der Waals surface area contributed by atoms with Gasteiger partial charge in [-0.1, -0.05) is 13.3 Å². The number of nitrogens with zero attached hydrogens (tertiary/aromatic N) is 2. The highest BCUT2D eigenvalue weighted by Crippen LogP contribution is 2.22. The Balaban J connectivity index is 2.07. The average Bonchev–Trinajstić information content (AvgIpc) is 2.54. The van der Waals surface area contributed by atoms with E-state index in [-0.39, 0.29) is 5.56 Å². The zero-order chi connectivity index (χ0) is 11.4. The number of hydrogen-bond donors (Lipinski definition) is 1. The van der Waals surface area contributed by atoms with Crippen LogP contribution in [-0.2, 0) is 0 Å². The van der Waals surface area contributed by atoms with Crippen LogP contribution in [0.4, 0.5) is 5.82 Å². The fourth-order valence-corrected chi connectivity index (χ4v) is 2.33. The quantitative estimate of drug-likeness (QED) is 0.828. The van der Waals surface area contributed by atoms with Gasteiger partial charge in [-0.25, -0.2) is 4.98 Å². The second kappa shape index (κ2) is 5.14. The van der Waals surface area contributed by atoms with Crippen molar-refractivity contribution >= 4 is 5.82 Å². The third-order valence-electron chi connectivity index (χ3n) is 3.41. The summed E-state index contributed by atoms with van der Waals surface area (Å²) in [6.07, 6.45) is 6.46. The first-order chi connectivity index (χ1) is 7.79. The SMILES string of the molecule is CCC1CCCN(c2cc(=O)[nH]cn2)CC1. The molecule has 1 aliphatic heterocycles. The van der Waals surface area contributed by atoms with E-state index >= 15 is 0 Å². The summed E-state index contributed by atoms with van der Waals surface area (Å²) in [7, 11) is 0. The molecular formula is C12H19N3O. The van der Waals surface area contributed by atoms with Crippen molar-refractivity contribution in [3.63, 3.8) is 0 Å². The molecule has 1 N–H and O–H groups in total. The van der Waals surface area contributed by atoms with Crippen LogP contribution < -0.4 is 10.5 Å². The average molecular weight is 221 g/mol. The maximum atomic E-state index is 11.2. The molecule has 1 aliphatic rings. The molecule has 0 aromatic carbocycles. The van der Waals surface area contributed by atoms with Gasteiger partial charge in [-0.3, -0.25) is 4.79 Å². The second-order valence-electron chi connectivity index (χ2n) is 4.46. The molecule has 4 heteroatoms. The van der Waals surface area contributed by atoms with Gasteiger partial charge in [0.05, 0.1) is 6.33 Å². The second-order valence-corrected chi connectivity index (χ2v) is 4.46. The molecule has 1 unspecified atom stereocenters. The van der Waals surface area contributed by atoms with Crippen LogP contribution in [0.25, 0.3) is 0 Å². The molecule has 1 aromatic heterocycles. The normalized spacial score (nSPS) is 21.8. The van der Waals surface area contributed by atoms with E-state index in [9.17, 15) is 4.79 Å². The Morgan fingerprint density at radius 3 is 3.12 bits per heavy atom. The maximum Gasteiger partial charge on any atom is 0.252 e. The summed E-state index contributed by atoms with van der Waals surface area (Å²) < 4.78 is 0. The van der Waals surface area contributed by atoms with Gasteiger partial charge < -0.3 is 9.88 Å². The van der Waals surface area contributed by atoms with Crippen LogP contribution in [0.5, 0.6) is 0 Å². The minimum absolute atomic E-state index is 0.0683. The highest BCUT2D eigenvalue weighted by molar-refractivity contribution is 5.36. The summed E-state index contributed by atoms with van der Waals surface area (Å²) in [6, 6.07) is 1.59. The summed E-state index contributed by atoms with van der Waals surface area (Å²) >= 11 is 0. The van der Waals surface area contributed by atoms with Crippen molar-refractivity contribution in [2.45, 2.75) is 32.6 Å². The van der Waals surface area contributed by atoms with E-state index in [0.717, 1.165) is 24.8 Å². The van der Waals surface area contributed by atoms with E-state index in [1.54, 1.807) is 6.07 Å². The fourth-order valence-electron chi connectivity index (χ4n) is 2.33. The summed E-state index contributed by atoms with van der Waals surface area (Å²) in [4.78, 5) is 20.2. The molecule has 0 saturated carbocycles. The monoisotopic (exact) mass is 221 g/mol. The lowest BCUT2D eigenvalue weighted by atomic mass is 9.98. The summed E-state index contributed by atoms with van der Waals surface area (Å²) in [5.74, 6) is 1.66. The number of nitrogens with one attached hydrogen (secondary N) is 1. The number of hydrogen-bond acceptors (Lipinski definition) is 3. The van der Waals surface area contributed by atoms with E-state index in [4.69, 9.17) is 0 Å². The number of aromatic nitrogens is 2. The van der Waals surface area contributed by atoms with Crippen LogP contribution in [0.1, 0.15) is 32.6 Å². The minimum Gasteiger partial charge on any atom is -0.356 e. The zero-order valence-electron chi connectivity index (χ0n) is 9.78. The molecule has 1 aromatic rings. The van der Waals surface area contributed by atoms with Crippen molar-refractivity contribution < 1.29 is 0 Å². The Labute approximate surface area is 95.7 Å². The third kappa shape index (κ3) is 2.62. The van der Waals surface area contributed by atoms with E-state index < -0.39 is 0 Å². The van der Waals surface area contributed by atoms with E-state index in [1.807, 2.05) is 0 Å². The van der Waals surface area contributed by atoms with E-state index in [2.05, 4.69) is 21.8 Å². The lowest BCUT2D eigenvalue weighted by molar-refractivity contribution is 0.459. The molecule has 2 rings (SSSR count). The number of aromatic amines is 1. The zero-order valence-corrected chi connectivity index (χ0v) is 9.78. The molecule has 88 valence electrons. The Morgan fingerprint density at radius 1 is 1.50 bits per heavy atom. The molecule has 0 amide bonds. The molecule has 0 aliphatic carbocycles. The molecule has 1 fully saturated rings. The smallest absolute Gasteiger partial charge is 0.252 e. The Morgan fingerprint density at radius 2 is 2.38 bits per heavy atom. The Kier molecular flexibility index (Phi) is 3.59. The maximum absolute atomic E-state index is 11.2. The first-order valence-corrected chi connectivity index (χ1v) is 6.09. The van der Waals surface area contributed by atoms with Gasteiger partial charge in [-0.15, -0.1) is 0 Å². The summed E-state index contributed by atoms with van der Waals surface area (Å²) in [5.41, 5.74) is -0.0683. The van der Waals surface area contributed by atoms with Crippen LogP contribution >= 0.6 is 0 Å². The first-order valence-electron chi connectivity index (χ1n) is 6.09. The topological polar surface area (TPSA) is 49.0 Å². The first kappa shape index (κ1) is 11.2. The number of anilines is 1. The number of H-pyrrole nitrogens is 1. The van der Waals surface area contributed by atoms with Gasteiger partial charge in [0.1, 0.15) is 5.82 Å². The molecule has 1 atom stereocenters.